The summed E-state index contributed by atoms with van der Waals surface area (Å²) in [7, 11) is 0. The summed E-state index contributed by atoms with van der Waals surface area (Å²) in [6.45, 7) is 8.58. The van der Waals surface area contributed by atoms with Gasteiger partial charge in [-0.05, 0) is 57.9 Å². The molecule has 0 bridgehead atoms. The zero-order valence-electron chi connectivity index (χ0n) is 19.0. The van der Waals surface area contributed by atoms with E-state index in [2.05, 4.69) is 0 Å². The Balaban J connectivity index is 1.80. The summed E-state index contributed by atoms with van der Waals surface area (Å²) < 4.78 is 18.1. The zero-order valence-corrected chi connectivity index (χ0v) is 19.0. The fourth-order valence-electron chi connectivity index (χ4n) is 3.51. The third-order valence-electron chi connectivity index (χ3n) is 5.37. The lowest BCUT2D eigenvalue weighted by atomic mass is 9.90. The number of carboxylic acids is 1. The van der Waals surface area contributed by atoms with Gasteiger partial charge in [-0.3, -0.25) is 0 Å². The molecule has 1 aliphatic heterocycles. The standard InChI is InChI=1S/C25H31NO6/c1-24(2,3)32-23(29)26-14-13-25(4,30-17-18-9-6-5-7-10-18)21(16-26)31-20-12-8-11-19(15-20)22(27)28/h5-12,15,21H,13-14,16-17H2,1-4H3,(H,27,28)/t21-,25-/m1/s1. The van der Waals surface area contributed by atoms with Gasteiger partial charge in [-0.15, -0.1) is 0 Å². The molecular weight excluding hydrogens is 410 g/mol. The Bertz CT molecular complexity index is 939. The number of hydrogen-bond donors (Lipinski definition) is 1. The lowest BCUT2D eigenvalue weighted by Gasteiger charge is -2.45. The summed E-state index contributed by atoms with van der Waals surface area (Å²) in [6.07, 6.45) is -0.380. The second kappa shape index (κ2) is 9.61. The zero-order chi connectivity index (χ0) is 23.4. The van der Waals surface area contributed by atoms with Gasteiger partial charge in [0.2, 0.25) is 0 Å². The maximum atomic E-state index is 12.7. The number of piperidine rings is 1. The highest BCUT2D eigenvalue weighted by atomic mass is 16.6. The van der Waals surface area contributed by atoms with E-state index < -0.39 is 29.4 Å². The first-order valence-corrected chi connectivity index (χ1v) is 10.7. The fourth-order valence-corrected chi connectivity index (χ4v) is 3.51. The van der Waals surface area contributed by atoms with Crippen LogP contribution in [0.25, 0.3) is 0 Å². The molecule has 1 fully saturated rings. The lowest BCUT2D eigenvalue weighted by molar-refractivity contribution is -0.142. The van der Waals surface area contributed by atoms with Gasteiger partial charge in [0.25, 0.3) is 0 Å². The molecule has 1 N–H and O–H groups in total. The number of amides is 1. The van der Waals surface area contributed by atoms with Gasteiger partial charge in [0.1, 0.15) is 23.1 Å². The number of carbonyl (C=O) groups excluding carboxylic acids is 1. The number of carboxylic acid groups (broad SMARTS) is 1. The third-order valence-corrected chi connectivity index (χ3v) is 5.37. The Hall–Kier alpha value is -3.06. The Morgan fingerprint density at radius 3 is 2.50 bits per heavy atom. The molecule has 1 heterocycles. The molecule has 2 aromatic rings. The SMILES string of the molecule is CC(C)(C)OC(=O)N1CC[C@@](C)(OCc2ccccc2)[C@H](Oc2cccc(C(=O)O)c2)C1. The van der Waals surface area contributed by atoms with Crippen molar-refractivity contribution in [1.29, 1.82) is 0 Å². The van der Waals surface area contributed by atoms with Crippen molar-refractivity contribution in [2.24, 2.45) is 0 Å². The van der Waals surface area contributed by atoms with E-state index in [9.17, 15) is 14.7 Å². The second-order valence-corrected chi connectivity index (χ2v) is 9.20. The maximum absolute atomic E-state index is 12.7. The molecule has 0 unspecified atom stereocenters. The van der Waals surface area contributed by atoms with Gasteiger partial charge in [0.05, 0.1) is 18.7 Å². The van der Waals surface area contributed by atoms with E-state index in [1.54, 1.807) is 17.0 Å². The number of nitrogens with zero attached hydrogens (tertiary/aromatic N) is 1. The smallest absolute Gasteiger partial charge is 0.410 e. The van der Waals surface area contributed by atoms with E-state index in [-0.39, 0.29) is 12.1 Å². The van der Waals surface area contributed by atoms with E-state index >= 15 is 0 Å². The van der Waals surface area contributed by atoms with Crippen LogP contribution in [-0.2, 0) is 16.1 Å². The Morgan fingerprint density at radius 2 is 1.84 bits per heavy atom. The van der Waals surface area contributed by atoms with E-state index in [0.29, 0.717) is 25.3 Å². The normalized spacial score (nSPS) is 21.1. The van der Waals surface area contributed by atoms with Crippen LogP contribution < -0.4 is 4.74 Å². The average Bonchev–Trinajstić information content (AvgIpc) is 2.74. The average molecular weight is 442 g/mol. The van der Waals surface area contributed by atoms with Gasteiger partial charge in [-0.2, -0.15) is 0 Å². The predicted molar refractivity (Wildman–Crippen MR) is 120 cm³/mol. The van der Waals surface area contributed by atoms with Crippen LogP contribution >= 0.6 is 0 Å². The van der Waals surface area contributed by atoms with Crippen molar-refractivity contribution in [3.05, 3.63) is 65.7 Å². The van der Waals surface area contributed by atoms with Crippen LogP contribution in [0.3, 0.4) is 0 Å². The van der Waals surface area contributed by atoms with Crippen molar-refractivity contribution in [3.63, 3.8) is 0 Å². The van der Waals surface area contributed by atoms with E-state index in [1.807, 2.05) is 58.0 Å². The summed E-state index contributed by atoms with van der Waals surface area (Å²) in [5.41, 5.74) is -0.120. The molecule has 7 nitrogen and oxygen atoms in total. The van der Waals surface area contributed by atoms with Crippen molar-refractivity contribution in [1.82, 2.24) is 4.90 Å². The number of benzene rings is 2. The molecule has 0 spiro atoms. The lowest BCUT2D eigenvalue weighted by Crippen LogP contribution is -2.59. The Kier molecular flexibility index (Phi) is 7.09. The molecule has 0 radical (unpaired) electrons. The molecule has 3 rings (SSSR count). The molecule has 172 valence electrons. The summed E-state index contributed by atoms with van der Waals surface area (Å²) in [5, 5.41) is 9.30. The van der Waals surface area contributed by atoms with Crippen molar-refractivity contribution >= 4 is 12.1 Å². The van der Waals surface area contributed by atoms with Crippen molar-refractivity contribution < 1.29 is 28.9 Å². The number of aromatic carboxylic acids is 1. The van der Waals surface area contributed by atoms with Crippen LogP contribution in [0.15, 0.2) is 54.6 Å². The number of hydrogen-bond acceptors (Lipinski definition) is 5. The first-order valence-electron chi connectivity index (χ1n) is 10.7. The van der Waals surface area contributed by atoms with Crippen LogP contribution in [0.2, 0.25) is 0 Å². The number of likely N-dealkylation sites (tertiary alicyclic amines) is 1. The van der Waals surface area contributed by atoms with E-state index in [4.69, 9.17) is 14.2 Å². The summed E-state index contributed by atoms with van der Waals surface area (Å²) in [4.78, 5) is 25.6. The highest BCUT2D eigenvalue weighted by molar-refractivity contribution is 5.88. The van der Waals surface area contributed by atoms with Crippen molar-refractivity contribution in [2.75, 3.05) is 13.1 Å². The molecule has 0 aromatic heterocycles. The van der Waals surface area contributed by atoms with Crippen molar-refractivity contribution in [3.8, 4) is 5.75 Å². The predicted octanol–water partition coefficient (Wildman–Crippen LogP) is 4.75. The van der Waals surface area contributed by atoms with Crippen LogP contribution in [0.1, 0.15) is 50.0 Å². The quantitative estimate of drug-likeness (QED) is 0.696. The van der Waals surface area contributed by atoms with Gasteiger partial charge < -0.3 is 24.2 Å². The molecule has 2 aromatic carbocycles. The minimum atomic E-state index is -1.03. The van der Waals surface area contributed by atoms with Gasteiger partial charge in [-0.1, -0.05) is 36.4 Å². The largest absolute Gasteiger partial charge is 0.486 e. The molecule has 1 saturated heterocycles. The monoisotopic (exact) mass is 441 g/mol. The third kappa shape index (κ3) is 6.23. The van der Waals surface area contributed by atoms with Crippen LogP contribution in [-0.4, -0.2) is 52.5 Å². The molecule has 7 heteroatoms. The minimum absolute atomic E-state index is 0.134. The van der Waals surface area contributed by atoms with Gasteiger partial charge in [0, 0.05) is 6.54 Å². The Labute approximate surface area is 188 Å². The summed E-state index contributed by atoms with van der Waals surface area (Å²) in [6, 6.07) is 16.2. The van der Waals surface area contributed by atoms with Crippen molar-refractivity contribution in [2.45, 2.75) is 58.0 Å². The topological polar surface area (TPSA) is 85.3 Å². The minimum Gasteiger partial charge on any atom is -0.486 e. The fraction of sp³-hybridized carbons (Fsp3) is 0.440. The number of carbonyl (C=O) groups is 2. The first-order chi connectivity index (χ1) is 15.1. The second-order valence-electron chi connectivity index (χ2n) is 9.20. The molecule has 1 aliphatic rings. The summed E-state index contributed by atoms with van der Waals surface area (Å²) in [5.74, 6) is -0.618. The number of rotatable bonds is 6. The highest BCUT2D eigenvalue weighted by Gasteiger charge is 2.44. The van der Waals surface area contributed by atoms with Crippen LogP contribution in [0.5, 0.6) is 5.75 Å². The molecule has 0 aliphatic carbocycles. The first kappa shape index (κ1) is 23.6. The molecular formula is C25H31NO6. The highest BCUT2D eigenvalue weighted by Crippen LogP contribution is 2.32. The molecule has 0 saturated carbocycles. The van der Waals surface area contributed by atoms with Crippen LogP contribution in [0.4, 0.5) is 4.79 Å². The summed E-state index contributed by atoms with van der Waals surface area (Å²) >= 11 is 0. The van der Waals surface area contributed by atoms with Gasteiger partial charge in [0.15, 0.2) is 0 Å². The molecule has 32 heavy (non-hydrogen) atoms. The Morgan fingerprint density at radius 1 is 1.12 bits per heavy atom. The molecule has 2 atom stereocenters. The van der Waals surface area contributed by atoms with Crippen LogP contribution in [0, 0.1) is 0 Å². The van der Waals surface area contributed by atoms with Gasteiger partial charge >= 0.3 is 12.1 Å². The maximum Gasteiger partial charge on any atom is 0.410 e. The van der Waals surface area contributed by atoms with E-state index in [0.717, 1.165) is 5.56 Å². The molecule has 1 amide bonds. The van der Waals surface area contributed by atoms with Gasteiger partial charge in [-0.25, -0.2) is 9.59 Å². The number of ether oxygens (including phenoxy) is 3. The van der Waals surface area contributed by atoms with E-state index in [1.165, 1.54) is 12.1 Å².